The number of nitrogens with zero attached hydrogens (tertiary/aromatic N) is 2. The van der Waals surface area contributed by atoms with Gasteiger partial charge in [-0.05, 0) is 19.3 Å². The van der Waals surface area contributed by atoms with Crippen molar-refractivity contribution < 1.29 is 38.1 Å². The topological polar surface area (TPSA) is 153 Å². The molecule has 0 bridgehead atoms. The van der Waals surface area contributed by atoms with E-state index in [9.17, 15) is 19.2 Å². The summed E-state index contributed by atoms with van der Waals surface area (Å²) in [5.74, 6) is -3.25. The van der Waals surface area contributed by atoms with Crippen LogP contribution in [-0.4, -0.2) is 49.3 Å². The Kier molecular flexibility index (Phi) is 18.0. The Hall–Kier alpha value is -2.70. The van der Waals surface area contributed by atoms with Crippen molar-refractivity contribution in [2.24, 2.45) is 0 Å². The molecule has 10 nitrogen and oxygen atoms in total. The van der Waals surface area contributed by atoms with Crippen molar-refractivity contribution in [3.63, 3.8) is 0 Å². The molecule has 0 heterocycles. The van der Waals surface area contributed by atoms with Crippen molar-refractivity contribution >= 4 is 23.9 Å². The van der Waals surface area contributed by atoms with Crippen LogP contribution in [0.5, 0.6) is 0 Å². The van der Waals surface area contributed by atoms with Gasteiger partial charge in [0.2, 0.25) is 5.60 Å². The van der Waals surface area contributed by atoms with Crippen LogP contribution in [0.15, 0.2) is 0 Å². The summed E-state index contributed by atoms with van der Waals surface area (Å²) in [5.41, 5.74) is -2.09. The Balaban J connectivity index is 0. The van der Waals surface area contributed by atoms with E-state index in [0.717, 1.165) is 26.2 Å². The minimum Gasteiger partial charge on any atom is -0.466 e. The Bertz CT molecular complexity index is 524. The summed E-state index contributed by atoms with van der Waals surface area (Å²) in [7, 11) is 0. The second-order valence-corrected chi connectivity index (χ2v) is 6.58. The second kappa shape index (κ2) is 18.3. The highest BCUT2D eigenvalue weighted by Crippen LogP contribution is 2.26. The first-order chi connectivity index (χ1) is 14.3. The average molecular weight is 430 g/mol. The number of ether oxygens (including phenoxy) is 4. The molecule has 0 aromatic heterocycles. The lowest BCUT2D eigenvalue weighted by molar-refractivity contribution is -0.190. The maximum Gasteiger partial charge on any atom is 0.351 e. The molecule has 0 radical (unpaired) electrons. The predicted molar refractivity (Wildman–Crippen MR) is 105 cm³/mol. The molecule has 0 saturated carbocycles. The molecule has 0 aromatic carbocycles. The number of hydrogen-bond acceptors (Lipinski definition) is 10. The first-order valence-corrected chi connectivity index (χ1v) is 10.2. The molecule has 0 aliphatic rings. The molecular formula is C20H34N2O8. The second-order valence-electron chi connectivity index (χ2n) is 6.58. The van der Waals surface area contributed by atoms with Gasteiger partial charge < -0.3 is 18.9 Å². The minimum atomic E-state index is -2.09. The molecule has 0 aromatic rings. The van der Waals surface area contributed by atoms with E-state index in [4.69, 9.17) is 29.7 Å². The molecule has 0 rings (SSSR count). The van der Waals surface area contributed by atoms with Crippen molar-refractivity contribution in [3.05, 3.63) is 0 Å². The monoisotopic (exact) mass is 430 g/mol. The molecule has 0 saturated heterocycles. The summed E-state index contributed by atoms with van der Waals surface area (Å²) in [5, 5.41) is 12.0. The van der Waals surface area contributed by atoms with Crippen LogP contribution in [0.4, 0.5) is 0 Å². The SMILES string of the molecule is CCCCOC(=O)CC(CC(=O)OCCCC)(OC(C)=O)C(=O)OCCCC.N#N. The van der Waals surface area contributed by atoms with E-state index in [0.29, 0.717) is 19.3 Å². The van der Waals surface area contributed by atoms with E-state index in [1.165, 1.54) is 0 Å². The normalized spacial score (nSPS) is 10.2. The van der Waals surface area contributed by atoms with Crippen LogP contribution in [0.3, 0.4) is 0 Å². The zero-order valence-electron chi connectivity index (χ0n) is 18.4. The fourth-order valence-corrected chi connectivity index (χ4v) is 2.27. The van der Waals surface area contributed by atoms with Gasteiger partial charge in [0.15, 0.2) is 0 Å². The largest absolute Gasteiger partial charge is 0.466 e. The third kappa shape index (κ3) is 13.5. The lowest BCUT2D eigenvalue weighted by atomic mass is 9.95. The average Bonchev–Trinajstić information content (AvgIpc) is 2.69. The fraction of sp³-hybridized carbons (Fsp3) is 0.800. The number of esters is 4. The van der Waals surface area contributed by atoms with E-state index in [1.54, 1.807) is 0 Å². The van der Waals surface area contributed by atoms with E-state index in [1.807, 2.05) is 20.8 Å². The fourth-order valence-electron chi connectivity index (χ4n) is 2.27. The summed E-state index contributed by atoms with van der Waals surface area (Å²) in [6.07, 6.45) is 3.14. The van der Waals surface area contributed by atoms with Crippen LogP contribution < -0.4 is 0 Å². The predicted octanol–water partition coefficient (Wildman–Crippen LogP) is 3.13. The molecular weight excluding hydrogens is 396 g/mol. The van der Waals surface area contributed by atoms with Crippen molar-refractivity contribution in [1.29, 1.82) is 10.8 Å². The van der Waals surface area contributed by atoms with E-state index < -0.39 is 42.3 Å². The lowest BCUT2D eigenvalue weighted by Crippen LogP contribution is -2.48. The third-order valence-electron chi connectivity index (χ3n) is 3.82. The Labute approximate surface area is 178 Å². The standard InChI is InChI=1S/C20H34O8.N2/c1-5-8-11-25-17(22)14-20(28-16(4)21,19(24)27-13-10-7-3)15-18(23)26-12-9-6-2;1-2/h5-15H2,1-4H3;. The summed E-state index contributed by atoms with van der Waals surface area (Å²) in [6.45, 7) is 7.34. The number of carbonyl (C=O) groups excluding carboxylic acids is 4. The molecule has 0 aliphatic carbocycles. The molecule has 0 spiro atoms. The Morgan fingerprint density at radius 1 is 0.700 bits per heavy atom. The zero-order chi connectivity index (χ0) is 23.4. The third-order valence-corrected chi connectivity index (χ3v) is 3.82. The van der Waals surface area contributed by atoms with Crippen LogP contribution in [0, 0.1) is 10.8 Å². The van der Waals surface area contributed by atoms with Gasteiger partial charge in [0, 0.05) is 17.7 Å². The molecule has 172 valence electrons. The summed E-state index contributed by atoms with van der Waals surface area (Å²) in [6, 6.07) is 0. The number of hydrogen-bond donors (Lipinski definition) is 0. The molecule has 10 heteroatoms. The van der Waals surface area contributed by atoms with Gasteiger partial charge in [-0.3, -0.25) is 14.4 Å². The molecule has 0 amide bonds. The molecule has 0 aliphatic heterocycles. The van der Waals surface area contributed by atoms with E-state index in [-0.39, 0.29) is 19.8 Å². The zero-order valence-corrected chi connectivity index (χ0v) is 18.4. The van der Waals surface area contributed by atoms with Gasteiger partial charge in [-0.1, -0.05) is 40.0 Å². The highest BCUT2D eigenvalue weighted by atomic mass is 16.6. The molecule has 0 atom stereocenters. The maximum atomic E-state index is 12.7. The van der Waals surface area contributed by atoms with Gasteiger partial charge >= 0.3 is 23.9 Å². The van der Waals surface area contributed by atoms with Crippen LogP contribution in [0.2, 0.25) is 0 Å². The van der Waals surface area contributed by atoms with Gasteiger partial charge in [-0.15, -0.1) is 0 Å². The highest BCUT2D eigenvalue weighted by molar-refractivity contribution is 5.92. The first kappa shape index (κ1) is 29.5. The lowest BCUT2D eigenvalue weighted by Gasteiger charge is -2.29. The molecule has 0 N–H and O–H groups in total. The highest BCUT2D eigenvalue weighted by Gasteiger charge is 2.48. The van der Waals surface area contributed by atoms with E-state index >= 15 is 0 Å². The maximum absolute atomic E-state index is 12.7. The number of carbonyl (C=O) groups is 4. The molecule has 0 fully saturated rings. The molecule has 30 heavy (non-hydrogen) atoms. The summed E-state index contributed by atoms with van der Waals surface area (Å²) in [4.78, 5) is 48.8. The van der Waals surface area contributed by atoms with Gasteiger partial charge in [0.1, 0.15) is 0 Å². The van der Waals surface area contributed by atoms with Crippen molar-refractivity contribution in [1.82, 2.24) is 0 Å². The summed E-state index contributed by atoms with van der Waals surface area (Å²) >= 11 is 0. The quantitative estimate of drug-likeness (QED) is 0.164. The van der Waals surface area contributed by atoms with Crippen LogP contribution in [-0.2, 0) is 38.1 Å². The first-order valence-electron chi connectivity index (χ1n) is 10.2. The smallest absolute Gasteiger partial charge is 0.351 e. The van der Waals surface area contributed by atoms with Crippen LogP contribution >= 0.6 is 0 Å². The number of rotatable bonds is 15. The van der Waals surface area contributed by atoms with Gasteiger partial charge in [0.25, 0.3) is 0 Å². The van der Waals surface area contributed by atoms with Gasteiger partial charge in [0.05, 0.1) is 32.7 Å². The van der Waals surface area contributed by atoms with Gasteiger partial charge in [-0.25, -0.2) is 4.79 Å². The molecule has 0 unspecified atom stereocenters. The van der Waals surface area contributed by atoms with Crippen molar-refractivity contribution in [2.45, 2.75) is 84.7 Å². The summed E-state index contributed by atoms with van der Waals surface area (Å²) < 4.78 is 20.5. The van der Waals surface area contributed by atoms with Gasteiger partial charge in [-0.2, -0.15) is 0 Å². The number of unbranched alkanes of at least 4 members (excludes halogenated alkanes) is 3. The van der Waals surface area contributed by atoms with Crippen molar-refractivity contribution in [3.8, 4) is 0 Å². The van der Waals surface area contributed by atoms with Crippen LogP contribution in [0.25, 0.3) is 0 Å². The van der Waals surface area contributed by atoms with Crippen molar-refractivity contribution in [2.75, 3.05) is 19.8 Å². The Morgan fingerprint density at radius 3 is 1.40 bits per heavy atom. The minimum absolute atomic E-state index is 0.0914. The van der Waals surface area contributed by atoms with E-state index in [2.05, 4.69) is 0 Å². The van der Waals surface area contributed by atoms with Crippen LogP contribution in [0.1, 0.15) is 79.1 Å². The Morgan fingerprint density at radius 2 is 1.07 bits per heavy atom.